The molecule has 1 heterocycles. The number of nitrogens with zero attached hydrogens (tertiary/aromatic N) is 1. The molecule has 4 aromatic rings. The molecule has 0 aliphatic rings. The molecule has 228 valence electrons. The summed E-state index contributed by atoms with van der Waals surface area (Å²) in [4.78, 5) is 40.5. The van der Waals surface area contributed by atoms with Crippen molar-refractivity contribution in [3.8, 4) is 5.75 Å². The molecular weight excluding hydrogens is 586 g/mol. The lowest BCUT2D eigenvalue weighted by molar-refractivity contribution is -0.137. The highest BCUT2D eigenvalue weighted by molar-refractivity contribution is 7.89. The molecule has 0 radical (unpaired) electrons. The molecule has 0 fully saturated rings. The Morgan fingerprint density at radius 3 is 2.30 bits per heavy atom. The minimum Gasteiger partial charge on any atom is -0.495 e. The molecule has 12 nitrogen and oxygen atoms in total. The number of aryl methyl sites for hydroxylation is 1. The normalized spacial score (nSPS) is 11.7. The predicted octanol–water partition coefficient (Wildman–Crippen LogP) is 4.72. The van der Waals surface area contributed by atoms with Crippen molar-refractivity contribution in [3.63, 3.8) is 0 Å². The van der Waals surface area contributed by atoms with Crippen molar-refractivity contribution in [3.05, 3.63) is 108 Å². The van der Waals surface area contributed by atoms with E-state index in [-0.39, 0.29) is 17.2 Å². The van der Waals surface area contributed by atoms with Gasteiger partial charge in [-0.05, 0) is 66.1 Å². The molecule has 1 unspecified atom stereocenters. The van der Waals surface area contributed by atoms with Crippen LogP contribution in [0.2, 0.25) is 0 Å². The Bertz CT molecular complexity index is 1750. The van der Waals surface area contributed by atoms with E-state index in [4.69, 9.17) is 4.74 Å². The van der Waals surface area contributed by atoms with Crippen molar-refractivity contribution >= 4 is 45.0 Å². The maximum absolute atomic E-state index is 12.8. The van der Waals surface area contributed by atoms with E-state index in [1.165, 1.54) is 31.6 Å². The molecule has 44 heavy (non-hydrogen) atoms. The topological polar surface area (TPSA) is 176 Å². The number of rotatable bonds is 12. The first-order valence-electron chi connectivity index (χ1n) is 13.4. The van der Waals surface area contributed by atoms with E-state index in [1.54, 1.807) is 48.5 Å². The number of carbonyl (C=O) groups is 3. The number of aromatic nitrogens is 1. The number of methoxy groups -OCH3 is 1. The van der Waals surface area contributed by atoms with Gasteiger partial charge in [0.05, 0.1) is 31.7 Å². The first-order valence-corrected chi connectivity index (χ1v) is 14.9. The Labute approximate surface area is 254 Å². The molecule has 0 saturated carbocycles. The van der Waals surface area contributed by atoms with Gasteiger partial charge in [0.25, 0.3) is 0 Å². The van der Waals surface area contributed by atoms with Gasteiger partial charge in [-0.15, -0.1) is 0 Å². The lowest BCUT2D eigenvalue weighted by Crippen LogP contribution is -2.30. The third-order valence-electron chi connectivity index (χ3n) is 6.49. The van der Waals surface area contributed by atoms with Crippen molar-refractivity contribution in [2.75, 3.05) is 23.1 Å². The van der Waals surface area contributed by atoms with Crippen molar-refractivity contribution in [1.82, 2.24) is 9.71 Å². The van der Waals surface area contributed by atoms with Crippen LogP contribution in [0.15, 0.2) is 96.2 Å². The fourth-order valence-electron chi connectivity index (χ4n) is 4.29. The minimum atomic E-state index is -4.03. The van der Waals surface area contributed by atoms with Crippen LogP contribution in [0.5, 0.6) is 5.75 Å². The summed E-state index contributed by atoms with van der Waals surface area (Å²) in [7, 11) is -2.57. The number of hydrogen-bond acceptors (Lipinski definition) is 7. The summed E-state index contributed by atoms with van der Waals surface area (Å²) in [6.07, 6.45) is 2.10. The number of para-hydroxylation sites is 1. The van der Waals surface area contributed by atoms with Crippen LogP contribution in [0.1, 0.15) is 29.2 Å². The van der Waals surface area contributed by atoms with Crippen LogP contribution < -0.4 is 25.4 Å². The van der Waals surface area contributed by atoms with Crippen LogP contribution in [0.25, 0.3) is 0 Å². The molecule has 3 aromatic carbocycles. The van der Waals surface area contributed by atoms with Gasteiger partial charge in [0, 0.05) is 23.8 Å². The number of sulfonamides is 1. The fraction of sp³-hybridized carbons (Fsp3) is 0.161. The van der Waals surface area contributed by atoms with E-state index in [2.05, 4.69) is 25.7 Å². The van der Waals surface area contributed by atoms with Crippen LogP contribution in [-0.4, -0.2) is 43.5 Å². The smallest absolute Gasteiger partial charge is 0.323 e. The van der Waals surface area contributed by atoms with Gasteiger partial charge in [-0.2, -0.15) is 0 Å². The SMILES string of the molecule is COc1cc(CC(=O)Nc2ccc(C(CC(=O)O)NS(=O)(=O)c3cccnc3)cc2)ccc1NC(=O)Nc1ccccc1C. The van der Waals surface area contributed by atoms with Crippen LogP contribution >= 0.6 is 0 Å². The number of nitrogens with one attached hydrogen (secondary N) is 4. The number of carboxylic acid groups (broad SMARTS) is 1. The highest BCUT2D eigenvalue weighted by atomic mass is 32.2. The highest BCUT2D eigenvalue weighted by Gasteiger charge is 2.24. The highest BCUT2D eigenvalue weighted by Crippen LogP contribution is 2.27. The zero-order chi connectivity index (χ0) is 31.7. The van der Waals surface area contributed by atoms with E-state index in [0.717, 1.165) is 5.56 Å². The molecule has 0 saturated heterocycles. The minimum absolute atomic E-state index is 0.000345. The summed E-state index contributed by atoms with van der Waals surface area (Å²) in [5.41, 5.74) is 3.48. The van der Waals surface area contributed by atoms with Crippen LogP contribution in [0.4, 0.5) is 21.9 Å². The van der Waals surface area contributed by atoms with Crippen molar-refractivity contribution < 1.29 is 32.6 Å². The number of hydrogen-bond donors (Lipinski definition) is 5. The molecule has 0 spiro atoms. The average molecular weight is 618 g/mol. The fourth-order valence-corrected chi connectivity index (χ4v) is 5.48. The number of ether oxygens (including phenoxy) is 1. The predicted molar refractivity (Wildman–Crippen MR) is 165 cm³/mol. The number of carbonyl (C=O) groups excluding carboxylic acids is 2. The second-order valence-electron chi connectivity index (χ2n) is 9.74. The number of anilines is 3. The van der Waals surface area contributed by atoms with E-state index in [0.29, 0.717) is 33.9 Å². The average Bonchev–Trinajstić information content (AvgIpc) is 2.99. The summed E-state index contributed by atoms with van der Waals surface area (Å²) >= 11 is 0. The molecule has 5 N–H and O–H groups in total. The Balaban J connectivity index is 1.38. The Morgan fingerprint density at radius 1 is 0.909 bits per heavy atom. The third-order valence-corrected chi connectivity index (χ3v) is 7.95. The lowest BCUT2D eigenvalue weighted by atomic mass is 10.0. The van der Waals surface area contributed by atoms with Crippen LogP contribution in [0, 0.1) is 6.92 Å². The second kappa shape index (κ2) is 14.3. The maximum Gasteiger partial charge on any atom is 0.323 e. The molecule has 13 heteroatoms. The van der Waals surface area contributed by atoms with Crippen LogP contribution in [-0.2, 0) is 26.0 Å². The molecule has 0 bridgehead atoms. The molecule has 1 aromatic heterocycles. The van der Waals surface area contributed by atoms with Gasteiger partial charge in [-0.25, -0.2) is 17.9 Å². The van der Waals surface area contributed by atoms with Gasteiger partial charge in [0.2, 0.25) is 15.9 Å². The molecule has 0 aliphatic carbocycles. The monoisotopic (exact) mass is 617 g/mol. The zero-order valence-electron chi connectivity index (χ0n) is 23.9. The molecular formula is C31H31N5O7S. The number of urea groups is 1. The molecule has 3 amide bonds. The summed E-state index contributed by atoms with van der Waals surface area (Å²) < 4.78 is 33.3. The lowest BCUT2D eigenvalue weighted by Gasteiger charge is -2.18. The Kier molecular flexibility index (Phi) is 10.3. The number of amides is 3. The zero-order valence-corrected chi connectivity index (χ0v) is 24.7. The first-order chi connectivity index (χ1) is 21.0. The van der Waals surface area contributed by atoms with Crippen molar-refractivity contribution in [2.24, 2.45) is 0 Å². The summed E-state index contributed by atoms with van der Waals surface area (Å²) in [5.74, 6) is -1.15. The van der Waals surface area contributed by atoms with Crippen LogP contribution in [0.3, 0.4) is 0 Å². The molecule has 4 rings (SSSR count). The number of benzene rings is 3. The van der Waals surface area contributed by atoms with Gasteiger partial charge in [0.15, 0.2) is 0 Å². The maximum atomic E-state index is 12.8. The van der Waals surface area contributed by atoms with Gasteiger partial charge >= 0.3 is 12.0 Å². The van der Waals surface area contributed by atoms with Gasteiger partial charge in [0.1, 0.15) is 10.6 Å². The standard InChI is InChI=1S/C31H31N5O7S/c1-20-6-3-4-8-25(20)34-31(40)35-26-14-9-21(16-28(26)43-2)17-29(37)33-23-12-10-22(11-13-23)27(18-30(38)39)36-44(41,42)24-7-5-15-32-19-24/h3-16,19,27,36H,17-18H2,1-2H3,(H,33,37)(H,38,39)(H2,34,35,40). The third kappa shape index (κ3) is 8.63. The Hall–Kier alpha value is -5.27. The van der Waals surface area contributed by atoms with Crippen molar-refractivity contribution in [2.45, 2.75) is 30.7 Å². The Morgan fingerprint density at radius 2 is 1.64 bits per heavy atom. The largest absolute Gasteiger partial charge is 0.495 e. The quantitative estimate of drug-likeness (QED) is 0.152. The van der Waals surface area contributed by atoms with E-state index in [1.807, 2.05) is 25.1 Å². The molecule has 0 aliphatic heterocycles. The van der Waals surface area contributed by atoms with Gasteiger partial charge in [-0.1, -0.05) is 36.4 Å². The summed E-state index contributed by atoms with van der Waals surface area (Å²) in [6.45, 7) is 1.88. The van der Waals surface area contributed by atoms with E-state index in [9.17, 15) is 27.9 Å². The first kappa shape index (κ1) is 31.7. The number of pyridine rings is 1. The van der Waals surface area contributed by atoms with Crippen molar-refractivity contribution in [1.29, 1.82) is 0 Å². The van der Waals surface area contributed by atoms with E-state index < -0.39 is 34.5 Å². The number of carboxylic acids is 1. The second-order valence-corrected chi connectivity index (χ2v) is 11.5. The summed E-state index contributed by atoms with van der Waals surface area (Å²) in [5, 5.41) is 17.7. The van der Waals surface area contributed by atoms with E-state index >= 15 is 0 Å². The van der Waals surface area contributed by atoms with Gasteiger partial charge < -0.3 is 25.8 Å². The van der Waals surface area contributed by atoms with Gasteiger partial charge in [-0.3, -0.25) is 14.6 Å². The molecule has 1 atom stereocenters. The summed E-state index contributed by atoms with van der Waals surface area (Å²) in [6, 6.07) is 19.9. The number of aliphatic carboxylic acids is 1.